The van der Waals surface area contributed by atoms with Crippen molar-refractivity contribution >= 4 is 0 Å². The smallest absolute Gasteiger partial charge is 0.118 e. The van der Waals surface area contributed by atoms with E-state index in [2.05, 4.69) is 41.8 Å². The summed E-state index contributed by atoms with van der Waals surface area (Å²) in [5.41, 5.74) is 3.55. The van der Waals surface area contributed by atoms with Gasteiger partial charge in [0.25, 0.3) is 0 Å². The van der Waals surface area contributed by atoms with Gasteiger partial charge in [0, 0.05) is 31.4 Å². The molecule has 1 aliphatic heterocycles. The van der Waals surface area contributed by atoms with E-state index < -0.39 is 0 Å². The summed E-state index contributed by atoms with van der Waals surface area (Å²) in [6.07, 6.45) is 4.09. The maximum atomic E-state index is 5.96. The number of morpholine rings is 1. The molecule has 0 spiro atoms. The van der Waals surface area contributed by atoms with E-state index in [-0.39, 0.29) is 6.10 Å². The third kappa shape index (κ3) is 3.86. The molecule has 1 saturated heterocycles. The van der Waals surface area contributed by atoms with E-state index in [0.29, 0.717) is 0 Å². The van der Waals surface area contributed by atoms with E-state index in [4.69, 9.17) is 9.47 Å². The molecule has 1 aromatic carbocycles. The molecule has 24 heavy (non-hydrogen) atoms. The fourth-order valence-corrected chi connectivity index (χ4v) is 3.05. The van der Waals surface area contributed by atoms with Crippen molar-refractivity contribution in [1.82, 2.24) is 14.7 Å². The molecule has 0 amide bonds. The van der Waals surface area contributed by atoms with Crippen molar-refractivity contribution in [2.45, 2.75) is 26.1 Å². The van der Waals surface area contributed by atoms with Crippen molar-refractivity contribution in [1.29, 1.82) is 0 Å². The molecule has 0 N–H and O–H groups in total. The van der Waals surface area contributed by atoms with Crippen LogP contribution in [-0.4, -0.2) is 41.5 Å². The zero-order chi connectivity index (χ0) is 16.9. The Balaban J connectivity index is 1.65. The van der Waals surface area contributed by atoms with Crippen LogP contribution in [0.4, 0.5) is 0 Å². The van der Waals surface area contributed by atoms with Crippen LogP contribution >= 0.6 is 0 Å². The van der Waals surface area contributed by atoms with Gasteiger partial charge in [-0.05, 0) is 24.6 Å². The lowest BCUT2D eigenvalue weighted by Gasteiger charge is -2.33. The summed E-state index contributed by atoms with van der Waals surface area (Å²) in [6.45, 7) is 10.1. The van der Waals surface area contributed by atoms with Crippen LogP contribution in [0.1, 0.15) is 22.9 Å². The Labute approximate surface area is 143 Å². The second kappa shape index (κ2) is 7.64. The van der Waals surface area contributed by atoms with E-state index in [1.807, 2.05) is 22.9 Å². The van der Waals surface area contributed by atoms with Crippen LogP contribution in [-0.2, 0) is 17.8 Å². The number of methoxy groups -OCH3 is 1. The Bertz CT molecular complexity index is 678. The first-order valence-corrected chi connectivity index (χ1v) is 8.31. The van der Waals surface area contributed by atoms with E-state index in [9.17, 15) is 0 Å². The number of aromatic nitrogens is 2. The highest BCUT2D eigenvalue weighted by Gasteiger charge is 2.23. The van der Waals surface area contributed by atoms with Crippen LogP contribution < -0.4 is 4.74 Å². The highest BCUT2D eigenvalue weighted by atomic mass is 16.5. The predicted octanol–water partition coefficient (Wildman–Crippen LogP) is 2.96. The fourth-order valence-electron chi connectivity index (χ4n) is 3.05. The average Bonchev–Trinajstić information content (AvgIpc) is 2.95. The average molecular weight is 327 g/mol. The van der Waals surface area contributed by atoms with Gasteiger partial charge >= 0.3 is 0 Å². The van der Waals surface area contributed by atoms with Crippen LogP contribution in [0.2, 0.25) is 0 Å². The first-order chi connectivity index (χ1) is 11.7. The summed E-state index contributed by atoms with van der Waals surface area (Å²) in [5, 5.41) is 4.54. The first kappa shape index (κ1) is 16.7. The number of ether oxygens (including phenoxy) is 2. The lowest BCUT2D eigenvalue weighted by Crippen LogP contribution is -2.37. The molecule has 1 atom stereocenters. The summed E-state index contributed by atoms with van der Waals surface area (Å²) in [4.78, 5) is 2.43. The van der Waals surface area contributed by atoms with Gasteiger partial charge < -0.3 is 9.47 Å². The molecule has 3 rings (SSSR count). The number of hydrogen-bond acceptors (Lipinski definition) is 4. The van der Waals surface area contributed by atoms with Gasteiger partial charge in [-0.2, -0.15) is 5.10 Å². The highest BCUT2D eigenvalue weighted by Crippen LogP contribution is 2.25. The fraction of sp³-hybridized carbons (Fsp3) is 0.421. The molecule has 1 unspecified atom stereocenters. The Morgan fingerprint density at radius 2 is 2.17 bits per heavy atom. The normalized spacial score (nSPS) is 18.5. The Morgan fingerprint density at radius 1 is 1.38 bits per heavy atom. The van der Waals surface area contributed by atoms with Crippen molar-refractivity contribution < 1.29 is 9.47 Å². The topological polar surface area (TPSA) is 39.5 Å². The Hall–Kier alpha value is -2.11. The van der Waals surface area contributed by atoms with Crippen LogP contribution in [0.3, 0.4) is 0 Å². The number of hydrogen-bond donors (Lipinski definition) is 0. The Kier molecular flexibility index (Phi) is 5.33. The van der Waals surface area contributed by atoms with Crippen molar-refractivity contribution in [2.24, 2.45) is 0 Å². The largest absolute Gasteiger partial charge is 0.497 e. The molecule has 1 aromatic heterocycles. The van der Waals surface area contributed by atoms with Crippen molar-refractivity contribution in [3.8, 4) is 5.75 Å². The maximum Gasteiger partial charge on any atom is 0.118 e. The second-order valence-corrected chi connectivity index (χ2v) is 6.12. The van der Waals surface area contributed by atoms with E-state index in [0.717, 1.165) is 44.2 Å². The van der Waals surface area contributed by atoms with Crippen LogP contribution in [0.15, 0.2) is 43.1 Å². The van der Waals surface area contributed by atoms with Gasteiger partial charge in [-0.1, -0.05) is 18.2 Å². The second-order valence-electron chi connectivity index (χ2n) is 6.12. The highest BCUT2D eigenvalue weighted by molar-refractivity contribution is 5.29. The molecule has 0 radical (unpaired) electrons. The number of nitrogens with zero attached hydrogens (tertiary/aromatic N) is 3. The standard InChI is InChI=1S/C19H25N3O2/c1-4-9-22-13-17(15(2)20-22)12-21-10-11-24-19(14-21)16-5-7-18(23-3)8-6-16/h4-8,13,19H,1,9-12,14H2,2-3H3. The third-order valence-electron chi connectivity index (χ3n) is 4.40. The van der Waals surface area contributed by atoms with Gasteiger partial charge in [0.15, 0.2) is 0 Å². The van der Waals surface area contributed by atoms with Gasteiger partial charge in [-0.25, -0.2) is 0 Å². The molecule has 1 aliphatic rings. The number of benzene rings is 1. The predicted molar refractivity (Wildman–Crippen MR) is 94.1 cm³/mol. The zero-order valence-corrected chi connectivity index (χ0v) is 14.4. The number of rotatable bonds is 6. The van der Waals surface area contributed by atoms with Gasteiger partial charge in [-0.15, -0.1) is 6.58 Å². The van der Waals surface area contributed by atoms with Crippen LogP contribution in [0.5, 0.6) is 5.75 Å². The minimum Gasteiger partial charge on any atom is -0.497 e. The summed E-state index contributed by atoms with van der Waals surface area (Å²) in [5.74, 6) is 0.872. The van der Waals surface area contributed by atoms with E-state index in [1.165, 1.54) is 11.1 Å². The molecule has 5 heteroatoms. The molecule has 0 bridgehead atoms. The van der Waals surface area contributed by atoms with Crippen molar-refractivity contribution in [2.75, 3.05) is 26.8 Å². The molecule has 5 nitrogen and oxygen atoms in total. The van der Waals surface area contributed by atoms with E-state index in [1.54, 1.807) is 7.11 Å². The molecule has 2 heterocycles. The Morgan fingerprint density at radius 3 is 2.88 bits per heavy atom. The molecule has 0 aliphatic carbocycles. The number of aryl methyl sites for hydroxylation is 1. The zero-order valence-electron chi connectivity index (χ0n) is 14.4. The molecule has 0 saturated carbocycles. The lowest BCUT2D eigenvalue weighted by atomic mass is 10.1. The summed E-state index contributed by atoms with van der Waals surface area (Å²) >= 11 is 0. The summed E-state index contributed by atoms with van der Waals surface area (Å²) in [7, 11) is 1.68. The lowest BCUT2D eigenvalue weighted by molar-refractivity contribution is -0.0330. The maximum absolute atomic E-state index is 5.96. The minimum atomic E-state index is 0.105. The molecular formula is C19H25N3O2. The quantitative estimate of drug-likeness (QED) is 0.765. The van der Waals surface area contributed by atoms with Crippen LogP contribution in [0, 0.1) is 6.92 Å². The summed E-state index contributed by atoms with van der Waals surface area (Å²) in [6, 6.07) is 8.14. The van der Waals surface area contributed by atoms with E-state index >= 15 is 0 Å². The molecule has 128 valence electrons. The van der Waals surface area contributed by atoms with Gasteiger partial charge in [-0.3, -0.25) is 9.58 Å². The summed E-state index contributed by atoms with van der Waals surface area (Å²) < 4.78 is 13.1. The number of allylic oxidation sites excluding steroid dienone is 1. The molecular weight excluding hydrogens is 302 g/mol. The van der Waals surface area contributed by atoms with Gasteiger partial charge in [0.1, 0.15) is 5.75 Å². The third-order valence-corrected chi connectivity index (χ3v) is 4.40. The van der Waals surface area contributed by atoms with Crippen LogP contribution in [0.25, 0.3) is 0 Å². The minimum absolute atomic E-state index is 0.105. The van der Waals surface area contributed by atoms with Crippen molar-refractivity contribution in [3.05, 3.63) is 59.9 Å². The van der Waals surface area contributed by atoms with Gasteiger partial charge in [0.05, 0.1) is 32.1 Å². The van der Waals surface area contributed by atoms with Crippen molar-refractivity contribution in [3.63, 3.8) is 0 Å². The first-order valence-electron chi connectivity index (χ1n) is 8.31. The molecule has 2 aromatic rings. The van der Waals surface area contributed by atoms with Gasteiger partial charge in [0.2, 0.25) is 0 Å². The SMILES string of the molecule is C=CCn1cc(CN2CCOC(c3ccc(OC)cc3)C2)c(C)n1. The monoisotopic (exact) mass is 327 g/mol. The molecule has 1 fully saturated rings.